The van der Waals surface area contributed by atoms with Gasteiger partial charge in [-0.1, -0.05) is 31.2 Å². The summed E-state index contributed by atoms with van der Waals surface area (Å²) in [6.07, 6.45) is 2.81. The van der Waals surface area contributed by atoms with Crippen molar-refractivity contribution < 1.29 is 33.0 Å². The number of aromatic nitrogens is 2. The summed E-state index contributed by atoms with van der Waals surface area (Å²) in [4.78, 5) is 59.8. The highest BCUT2D eigenvalue weighted by molar-refractivity contribution is 7.22. The van der Waals surface area contributed by atoms with Gasteiger partial charge in [-0.05, 0) is 134 Å². The van der Waals surface area contributed by atoms with E-state index < -0.39 is 29.0 Å². The van der Waals surface area contributed by atoms with Crippen LogP contribution in [-0.2, 0) is 9.59 Å². The third kappa shape index (κ3) is 12.2. The predicted octanol–water partition coefficient (Wildman–Crippen LogP) is 10.8. The molecule has 68 heavy (non-hydrogen) atoms. The van der Waals surface area contributed by atoms with E-state index >= 15 is 0 Å². The van der Waals surface area contributed by atoms with Gasteiger partial charge >= 0.3 is 23.2 Å². The number of anilines is 1. The highest BCUT2D eigenvalue weighted by Crippen LogP contribution is 2.33. The van der Waals surface area contributed by atoms with E-state index in [4.69, 9.17) is 19.0 Å². The molecule has 6 heterocycles. The topological polar surface area (TPSA) is 179 Å². The first kappa shape index (κ1) is 49.6. The van der Waals surface area contributed by atoms with Gasteiger partial charge in [0.15, 0.2) is 0 Å². The first-order valence-electron chi connectivity index (χ1n) is 22.9. The van der Waals surface area contributed by atoms with E-state index in [9.17, 15) is 23.6 Å². The second-order valence-electron chi connectivity index (χ2n) is 17.3. The third-order valence-corrected chi connectivity index (χ3v) is 14.2. The molecule has 8 aromatic rings. The summed E-state index contributed by atoms with van der Waals surface area (Å²) in [6, 6.07) is 30.3. The highest BCUT2D eigenvalue weighted by atomic mass is 32.1. The van der Waals surface area contributed by atoms with Crippen molar-refractivity contribution in [2.24, 2.45) is 11.8 Å². The molecule has 0 spiro atoms. The molecule has 3 N–H and O–H groups in total. The number of halogens is 1. The van der Waals surface area contributed by atoms with Crippen LogP contribution in [0.25, 0.3) is 63.5 Å². The number of nitrogens with one attached hydrogen (secondary N) is 1. The fourth-order valence-electron chi connectivity index (χ4n) is 8.43. The largest absolute Gasteiger partial charge is 0.481 e. The van der Waals surface area contributed by atoms with E-state index in [1.165, 1.54) is 34.8 Å². The van der Waals surface area contributed by atoms with Crippen molar-refractivity contribution in [3.63, 3.8) is 0 Å². The molecule has 2 aliphatic rings. The van der Waals surface area contributed by atoms with Crippen molar-refractivity contribution >= 4 is 82.7 Å². The Hall–Kier alpha value is -6.33. The number of benzene rings is 4. The Morgan fingerprint density at radius 3 is 1.62 bits per heavy atom. The summed E-state index contributed by atoms with van der Waals surface area (Å²) in [5, 5.41) is 23.5. The summed E-state index contributed by atoms with van der Waals surface area (Å²) >= 11 is 2.91. The first-order chi connectivity index (χ1) is 32.7. The van der Waals surface area contributed by atoms with Gasteiger partial charge in [-0.15, -0.1) is 22.7 Å². The quantitative estimate of drug-likeness (QED) is 0.123. The van der Waals surface area contributed by atoms with Crippen molar-refractivity contribution in [3.05, 3.63) is 124 Å². The molecule has 16 heteroatoms. The number of para-hydroxylation sites is 2. The number of piperidine rings is 2. The Labute approximate surface area is 400 Å². The smallest absolute Gasteiger partial charge is 0.346 e. The van der Waals surface area contributed by atoms with Crippen molar-refractivity contribution in [2.75, 3.05) is 37.6 Å². The lowest BCUT2D eigenvalue weighted by Gasteiger charge is -2.31. The third-order valence-electron chi connectivity index (χ3n) is 12.1. The van der Waals surface area contributed by atoms with E-state index in [1.807, 2.05) is 72.8 Å². The molecule has 10 rings (SSSR count). The molecule has 0 bridgehead atoms. The molecular weight excluding hydrogens is 906 g/mol. The fourth-order valence-corrected chi connectivity index (χ4v) is 10.4. The number of fused-ring (bicyclic) bond motifs is 4. The molecule has 0 atom stereocenters. The van der Waals surface area contributed by atoms with E-state index in [0.29, 0.717) is 70.1 Å². The van der Waals surface area contributed by atoms with Crippen molar-refractivity contribution in [3.8, 4) is 21.1 Å². The van der Waals surface area contributed by atoms with Crippen molar-refractivity contribution in [1.29, 1.82) is 0 Å². The Balaban J connectivity index is 0.000000152. The minimum absolute atomic E-state index is 0.0914. The van der Waals surface area contributed by atoms with E-state index in [1.54, 1.807) is 12.1 Å². The van der Waals surface area contributed by atoms with Crippen LogP contribution >= 0.6 is 22.7 Å². The van der Waals surface area contributed by atoms with Gasteiger partial charge in [-0.3, -0.25) is 14.5 Å². The summed E-state index contributed by atoms with van der Waals surface area (Å²) in [6.45, 7) is 15.4. The van der Waals surface area contributed by atoms with Gasteiger partial charge in [0.25, 0.3) is 0 Å². The molecule has 2 saturated heterocycles. The van der Waals surface area contributed by atoms with Crippen LogP contribution < -0.4 is 21.5 Å². The van der Waals surface area contributed by atoms with E-state index in [-0.39, 0.29) is 17.4 Å². The number of hydrogen-bond acceptors (Lipinski definition) is 13. The van der Waals surface area contributed by atoms with Gasteiger partial charge in [-0.2, -0.15) is 0 Å². The molecule has 13 nitrogen and oxygen atoms in total. The van der Waals surface area contributed by atoms with E-state index in [2.05, 4.69) is 59.7 Å². The number of nitrogens with zero attached hydrogens (tertiary/aromatic N) is 4. The predicted molar refractivity (Wildman–Crippen MR) is 271 cm³/mol. The Morgan fingerprint density at radius 2 is 1.18 bits per heavy atom. The first-order valence-corrected chi connectivity index (χ1v) is 24.5. The molecule has 0 aliphatic carbocycles. The van der Waals surface area contributed by atoms with Crippen LogP contribution in [0.1, 0.15) is 60.3 Å². The molecule has 0 saturated carbocycles. The summed E-state index contributed by atoms with van der Waals surface area (Å²) in [5.74, 6) is -2.17. The number of thiazole rings is 2. The molecule has 0 radical (unpaired) electrons. The second-order valence-corrected chi connectivity index (χ2v) is 19.3. The molecule has 0 amide bonds. The lowest BCUT2D eigenvalue weighted by atomic mass is 9.96. The molecule has 356 valence electrons. The Kier molecular flexibility index (Phi) is 16.5. The molecule has 0 unspecified atom stereocenters. The molecule has 2 fully saturated rings. The maximum atomic E-state index is 13.2. The van der Waals surface area contributed by atoms with Crippen LogP contribution in [0.5, 0.6) is 0 Å². The minimum atomic E-state index is -0.725. The Bertz CT molecular complexity index is 3060. The van der Waals surface area contributed by atoms with Gasteiger partial charge in [0.1, 0.15) is 27.0 Å². The van der Waals surface area contributed by atoms with Gasteiger partial charge in [0.2, 0.25) is 0 Å². The normalized spacial score (nSPS) is 14.5. The van der Waals surface area contributed by atoms with Crippen molar-refractivity contribution in [2.45, 2.75) is 72.4 Å². The molecule has 4 aromatic heterocycles. The van der Waals surface area contributed by atoms with Crippen LogP contribution in [0, 0.1) is 17.7 Å². The number of carboxylic acid groups (broad SMARTS) is 2. The monoisotopic (exact) mass is 961 g/mol. The maximum absolute atomic E-state index is 13.2. The highest BCUT2D eigenvalue weighted by Gasteiger charge is 2.25. The molecule has 4 aromatic carbocycles. The van der Waals surface area contributed by atoms with Crippen LogP contribution in [0.2, 0.25) is 0 Å². The summed E-state index contributed by atoms with van der Waals surface area (Å²) < 4.78 is 26.0. The standard InChI is InChI=1S/C22H18N2O4S.C16H8FNO2S.C8H19N.C6H11NO2/c25-21(26)13-7-9-24(10-8-13)15-6-5-14-11-16(22(27)28-18(14)12-15)20-23-17-3-1-2-4-19(17)29-20;17-10-6-5-9-7-11(16(19)20-13(9)8-10)15-18-12-3-1-2-4-14(12)21-15;1-6-9(7(2)3)8(4)5;8-6(9)5-1-3-7-4-2-5/h1-6,11-13H,7-10H2,(H,25,26);1-8H;7-8H,6H2,1-5H3;5,7H,1-4H2,(H,8,9). The zero-order valence-electron chi connectivity index (χ0n) is 38.7. The van der Waals surface area contributed by atoms with Crippen LogP contribution in [0.3, 0.4) is 0 Å². The average Bonchev–Trinajstić information content (AvgIpc) is 3.97. The van der Waals surface area contributed by atoms with Crippen molar-refractivity contribution in [1.82, 2.24) is 20.2 Å². The second kappa shape index (κ2) is 22.6. The number of carboxylic acids is 2. The Morgan fingerprint density at radius 1 is 0.706 bits per heavy atom. The van der Waals surface area contributed by atoms with Gasteiger partial charge in [-0.25, -0.2) is 23.9 Å². The lowest BCUT2D eigenvalue weighted by Crippen LogP contribution is -2.36. The lowest BCUT2D eigenvalue weighted by molar-refractivity contribution is -0.143. The number of rotatable bonds is 8. The molecular formula is C52H56FN5O8S2. The van der Waals surface area contributed by atoms with Gasteiger partial charge < -0.3 is 29.3 Å². The van der Waals surface area contributed by atoms with E-state index in [0.717, 1.165) is 64.0 Å². The van der Waals surface area contributed by atoms with Crippen LogP contribution in [-0.4, -0.2) is 81.8 Å². The molecule has 2 aliphatic heterocycles. The zero-order valence-corrected chi connectivity index (χ0v) is 40.4. The fraction of sp³-hybridized carbons (Fsp3) is 0.346. The van der Waals surface area contributed by atoms with Crippen LogP contribution in [0.15, 0.2) is 115 Å². The number of aliphatic carboxylic acids is 2. The summed E-state index contributed by atoms with van der Waals surface area (Å²) in [5.41, 5.74) is 3.37. The SMILES string of the molecule is CCN(C(C)C)C(C)C.O=C(O)C1CCN(c2ccc3cc(-c4nc5ccccc5s4)c(=O)oc3c2)CC1.O=C(O)C1CCNCC1.O=c1oc2cc(F)ccc2cc1-c1nc2ccccc2s1. The summed E-state index contributed by atoms with van der Waals surface area (Å²) in [7, 11) is 0. The number of hydrogen-bond donors (Lipinski definition) is 3. The zero-order chi connectivity index (χ0) is 48.5. The average molecular weight is 962 g/mol. The number of carbonyl (C=O) groups is 2. The van der Waals surface area contributed by atoms with Gasteiger partial charge in [0.05, 0.1) is 43.4 Å². The minimum Gasteiger partial charge on any atom is -0.481 e. The van der Waals surface area contributed by atoms with Gasteiger partial charge in [0, 0.05) is 53.8 Å². The maximum Gasteiger partial charge on any atom is 0.346 e. The van der Waals surface area contributed by atoms with Crippen LogP contribution in [0.4, 0.5) is 10.1 Å².